The molecule has 0 aromatic carbocycles. The monoisotopic (exact) mass is 264 g/mol. The van der Waals surface area contributed by atoms with Crippen molar-refractivity contribution in [1.82, 2.24) is 19.5 Å². The maximum absolute atomic E-state index is 8.78. The minimum atomic E-state index is 0.215. The number of nitrogens with two attached hydrogens (primary N) is 1. The molecular weight excluding hydrogens is 260 g/mol. The second-order valence-corrected chi connectivity index (χ2v) is 3.46. The van der Waals surface area contributed by atoms with Crippen LogP contribution in [0.2, 0.25) is 0 Å². The van der Waals surface area contributed by atoms with Crippen LogP contribution in [0.4, 0.5) is 5.82 Å². The third kappa shape index (κ3) is 1.80. The van der Waals surface area contributed by atoms with Crippen LogP contribution in [0, 0.1) is 11.3 Å². The molecule has 2 N–H and O–H groups in total. The molecule has 0 spiro atoms. The van der Waals surface area contributed by atoms with Crippen molar-refractivity contribution in [2.24, 2.45) is 0 Å². The van der Waals surface area contributed by atoms with E-state index in [1.165, 1.54) is 10.8 Å². The number of nitrogen functional groups attached to an aromatic ring is 1. The fraction of sp³-hybridized carbons (Fsp3) is 0. The van der Waals surface area contributed by atoms with E-state index in [2.05, 4.69) is 30.9 Å². The fourth-order valence-corrected chi connectivity index (χ4v) is 1.47. The standard InChI is InChI=1S/C8H5BrN6/c9-5-3-6(11)14-8(13-5)15-2-1-12-7(15)4-10/h1-3H,(H2,11,13,14). The molecule has 0 fully saturated rings. The number of nitrogens with zero attached hydrogens (tertiary/aromatic N) is 5. The highest BCUT2D eigenvalue weighted by atomic mass is 79.9. The summed E-state index contributed by atoms with van der Waals surface area (Å²) in [5, 5.41) is 8.78. The summed E-state index contributed by atoms with van der Waals surface area (Å²) in [4.78, 5) is 11.9. The van der Waals surface area contributed by atoms with E-state index < -0.39 is 0 Å². The molecule has 0 atom stereocenters. The van der Waals surface area contributed by atoms with Crippen molar-refractivity contribution in [2.75, 3.05) is 5.73 Å². The van der Waals surface area contributed by atoms with Crippen LogP contribution in [-0.4, -0.2) is 19.5 Å². The van der Waals surface area contributed by atoms with Gasteiger partial charge in [0.25, 0.3) is 0 Å². The molecular formula is C8H5BrN6. The van der Waals surface area contributed by atoms with Crippen LogP contribution < -0.4 is 5.73 Å². The van der Waals surface area contributed by atoms with Gasteiger partial charge in [0, 0.05) is 18.5 Å². The number of hydrogen-bond donors (Lipinski definition) is 1. The number of imidazole rings is 1. The van der Waals surface area contributed by atoms with Crippen molar-refractivity contribution in [2.45, 2.75) is 0 Å². The number of hydrogen-bond acceptors (Lipinski definition) is 5. The lowest BCUT2D eigenvalue weighted by Gasteiger charge is -2.02. The Kier molecular flexibility index (Phi) is 2.35. The predicted molar refractivity (Wildman–Crippen MR) is 56.0 cm³/mol. The second-order valence-electron chi connectivity index (χ2n) is 2.65. The van der Waals surface area contributed by atoms with E-state index in [0.29, 0.717) is 16.4 Å². The average Bonchev–Trinajstić information content (AvgIpc) is 2.63. The number of halogens is 1. The highest BCUT2D eigenvalue weighted by Crippen LogP contribution is 2.13. The summed E-state index contributed by atoms with van der Waals surface area (Å²) in [6, 6.07) is 3.50. The van der Waals surface area contributed by atoms with E-state index in [1.54, 1.807) is 12.3 Å². The fourth-order valence-electron chi connectivity index (χ4n) is 1.08. The van der Waals surface area contributed by atoms with Gasteiger partial charge in [0.15, 0.2) is 0 Å². The predicted octanol–water partition coefficient (Wildman–Crippen LogP) is 0.879. The summed E-state index contributed by atoms with van der Waals surface area (Å²) in [5.41, 5.74) is 5.56. The molecule has 0 saturated heterocycles. The molecule has 0 saturated carbocycles. The number of nitriles is 1. The molecule has 0 aliphatic carbocycles. The molecule has 0 bridgehead atoms. The van der Waals surface area contributed by atoms with Crippen molar-refractivity contribution in [3.8, 4) is 12.0 Å². The number of aromatic nitrogens is 4. The Morgan fingerprint density at radius 2 is 2.27 bits per heavy atom. The minimum Gasteiger partial charge on any atom is -0.383 e. The summed E-state index contributed by atoms with van der Waals surface area (Å²) in [6.45, 7) is 0. The van der Waals surface area contributed by atoms with Gasteiger partial charge in [-0.25, -0.2) is 9.97 Å². The molecule has 2 heterocycles. The van der Waals surface area contributed by atoms with E-state index in [0.717, 1.165) is 0 Å². The van der Waals surface area contributed by atoms with Crippen LogP contribution in [0.5, 0.6) is 0 Å². The number of rotatable bonds is 1. The molecule has 74 valence electrons. The zero-order valence-corrected chi connectivity index (χ0v) is 9.01. The van der Waals surface area contributed by atoms with Crippen molar-refractivity contribution in [3.63, 3.8) is 0 Å². The first kappa shape index (κ1) is 9.61. The lowest BCUT2D eigenvalue weighted by molar-refractivity contribution is 0.904. The molecule has 0 radical (unpaired) electrons. The average molecular weight is 265 g/mol. The van der Waals surface area contributed by atoms with E-state index in [1.807, 2.05) is 6.07 Å². The Bertz CT molecular complexity index is 520. The summed E-state index contributed by atoms with van der Waals surface area (Å²) in [6.07, 6.45) is 3.10. The largest absolute Gasteiger partial charge is 0.383 e. The summed E-state index contributed by atoms with van der Waals surface area (Å²) in [7, 11) is 0. The Hall–Kier alpha value is -1.94. The Morgan fingerprint density at radius 3 is 2.93 bits per heavy atom. The number of anilines is 1. The highest BCUT2D eigenvalue weighted by Gasteiger charge is 2.07. The Morgan fingerprint density at radius 1 is 1.47 bits per heavy atom. The topological polar surface area (TPSA) is 93.4 Å². The quantitative estimate of drug-likeness (QED) is 0.772. The zero-order valence-electron chi connectivity index (χ0n) is 7.42. The van der Waals surface area contributed by atoms with Crippen LogP contribution in [-0.2, 0) is 0 Å². The minimum absolute atomic E-state index is 0.215. The molecule has 2 rings (SSSR count). The highest BCUT2D eigenvalue weighted by molar-refractivity contribution is 9.10. The molecule has 15 heavy (non-hydrogen) atoms. The van der Waals surface area contributed by atoms with E-state index in [-0.39, 0.29) is 5.82 Å². The molecule has 0 unspecified atom stereocenters. The summed E-state index contributed by atoms with van der Waals surface area (Å²) in [5.74, 6) is 0.855. The smallest absolute Gasteiger partial charge is 0.238 e. The second kappa shape index (κ2) is 3.67. The normalized spacial score (nSPS) is 9.87. The molecule has 2 aromatic heterocycles. The van der Waals surface area contributed by atoms with Crippen molar-refractivity contribution < 1.29 is 0 Å². The van der Waals surface area contributed by atoms with Crippen molar-refractivity contribution in [3.05, 3.63) is 28.9 Å². The molecule has 0 aliphatic rings. The van der Waals surface area contributed by atoms with Gasteiger partial charge < -0.3 is 5.73 Å². The maximum Gasteiger partial charge on any atom is 0.238 e. The van der Waals surface area contributed by atoms with Gasteiger partial charge in [-0.1, -0.05) is 0 Å². The van der Waals surface area contributed by atoms with Gasteiger partial charge in [-0.15, -0.1) is 0 Å². The van der Waals surface area contributed by atoms with E-state index in [9.17, 15) is 0 Å². The molecule has 0 amide bonds. The lowest BCUT2D eigenvalue weighted by atomic mass is 10.6. The van der Waals surface area contributed by atoms with Crippen LogP contribution in [0.25, 0.3) is 5.95 Å². The van der Waals surface area contributed by atoms with Crippen LogP contribution in [0.3, 0.4) is 0 Å². The van der Waals surface area contributed by atoms with Gasteiger partial charge in [0.2, 0.25) is 11.8 Å². The molecule has 7 heteroatoms. The summed E-state index contributed by atoms with van der Waals surface area (Å²) >= 11 is 3.20. The van der Waals surface area contributed by atoms with Crippen LogP contribution >= 0.6 is 15.9 Å². The molecule has 6 nitrogen and oxygen atoms in total. The van der Waals surface area contributed by atoms with Gasteiger partial charge in [-0.05, 0) is 15.9 Å². The zero-order chi connectivity index (χ0) is 10.8. The maximum atomic E-state index is 8.78. The van der Waals surface area contributed by atoms with Crippen molar-refractivity contribution in [1.29, 1.82) is 5.26 Å². The summed E-state index contributed by atoms with van der Waals surface area (Å²) < 4.78 is 2.02. The SMILES string of the molecule is N#Cc1nccn1-c1nc(N)cc(Br)n1. The molecule has 2 aromatic rings. The third-order valence-electron chi connectivity index (χ3n) is 1.66. The Labute approximate surface area is 93.5 Å². The first-order chi connectivity index (χ1) is 7.20. The van der Waals surface area contributed by atoms with Crippen LogP contribution in [0.15, 0.2) is 23.1 Å². The van der Waals surface area contributed by atoms with Gasteiger partial charge >= 0.3 is 0 Å². The van der Waals surface area contributed by atoms with Crippen molar-refractivity contribution >= 4 is 21.7 Å². The van der Waals surface area contributed by atoms with Gasteiger partial charge in [0.1, 0.15) is 16.5 Å². The Balaban J connectivity index is 2.60. The van der Waals surface area contributed by atoms with Gasteiger partial charge in [-0.2, -0.15) is 10.2 Å². The van der Waals surface area contributed by atoms with E-state index >= 15 is 0 Å². The van der Waals surface area contributed by atoms with Gasteiger partial charge in [-0.3, -0.25) is 4.57 Å². The first-order valence-corrected chi connectivity index (χ1v) is 4.74. The molecule has 0 aliphatic heterocycles. The van der Waals surface area contributed by atoms with Crippen LogP contribution in [0.1, 0.15) is 5.82 Å². The lowest BCUT2D eigenvalue weighted by Crippen LogP contribution is -2.05. The third-order valence-corrected chi connectivity index (χ3v) is 2.07. The van der Waals surface area contributed by atoms with E-state index in [4.69, 9.17) is 11.0 Å². The van der Waals surface area contributed by atoms with Gasteiger partial charge in [0.05, 0.1) is 0 Å². The first-order valence-electron chi connectivity index (χ1n) is 3.94.